The number of hydrogen-bond donors (Lipinski definition) is 1. The summed E-state index contributed by atoms with van der Waals surface area (Å²) in [6.45, 7) is 3.81. The lowest BCUT2D eigenvalue weighted by Gasteiger charge is -2.37. The standard InChI is InChI=1S/C25H30FN3O3S/c1-2-32-23(30)11-14-29-13-9-19(27-29)15-18-16-28(12-10-22(18)33)24(25(31)17-7-8-17)20-5-3-4-6-21(20)26/h3-6,9,13,15,17,22,24,33H,2,7-8,10-12,14,16H2,1H3/b18-15-. The Kier molecular flexibility index (Phi) is 7.65. The fourth-order valence-corrected chi connectivity index (χ4v) is 4.55. The van der Waals surface area contributed by atoms with Crippen molar-refractivity contribution in [2.45, 2.75) is 50.4 Å². The first-order valence-corrected chi connectivity index (χ1v) is 12.1. The maximum absolute atomic E-state index is 14.7. The van der Waals surface area contributed by atoms with Gasteiger partial charge in [-0.2, -0.15) is 17.7 Å². The molecule has 1 saturated carbocycles. The van der Waals surface area contributed by atoms with Crippen LogP contribution >= 0.6 is 12.6 Å². The number of aromatic nitrogens is 2. The zero-order chi connectivity index (χ0) is 23.4. The number of hydrogen-bond acceptors (Lipinski definition) is 6. The first-order chi connectivity index (χ1) is 16.0. The largest absolute Gasteiger partial charge is 0.466 e. The average molecular weight is 472 g/mol. The van der Waals surface area contributed by atoms with Crippen LogP contribution in [-0.2, 0) is 20.9 Å². The number of halogens is 1. The molecule has 2 aliphatic rings. The third kappa shape index (κ3) is 5.92. The van der Waals surface area contributed by atoms with E-state index in [1.54, 1.807) is 29.8 Å². The lowest BCUT2D eigenvalue weighted by atomic mass is 9.93. The lowest BCUT2D eigenvalue weighted by Crippen LogP contribution is -2.42. The van der Waals surface area contributed by atoms with E-state index in [0.29, 0.717) is 31.8 Å². The molecule has 2 atom stereocenters. The second-order valence-corrected chi connectivity index (χ2v) is 9.28. The zero-order valence-corrected chi connectivity index (χ0v) is 19.7. The number of benzene rings is 1. The van der Waals surface area contributed by atoms with E-state index in [2.05, 4.69) is 10.00 Å². The predicted octanol–water partition coefficient (Wildman–Crippen LogP) is 4.08. The fourth-order valence-electron chi connectivity index (χ4n) is 4.28. The van der Waals surface area contributed by atoms with Gasteiger partial charge >= 0.3 is 5.97 Å². The molecular weight excluding hydrogens is 441 g/mol. The summed E-state index contributed by atoms with van der Waals surface area (Å²) in [5, 5.41) is 4.58. The molecule has 2 heterocycles. The van der Waals surface area contributed by atoms with Gasteiger partial charge in [-0.3, -0.25) is 19.2 Å². The summed E-state index contributed by atoms with van der Waals surface area (Å²) in [4.78, 5) is 26.8. The first-order valence-electron chi connectivity index (χ1n) is 11.6. The van der Waals surface area contributed by atoms with E-state index in [1.165, 1.54) is 6.07 Å². The second-order valence-electron chi connectivity index (χ2n) is 8.65. The molecule has 0 bridgehead atoms. The molecule has 1 aromatic carbocycles. The molecular formula is C25H30FN3O3S. The molecule has 1 aliphatic carbocycles. The van der Waals surface area contributed by atoms with Crippen LogP contribution in [0.4, 0.5) is 4.39 Å². The SMILES string of the molecule is CCOC(=O)CCn1ccc(/C=C2/CN(C(C(=O)C3CC3)c3ccccc3F)CCC2S)n1. The van der Waals surface area contributed by atoms with Crippen molar-refractivity contribution in [2.24, 2.45) is 5.92 Å². The number of thiol groups is 1. The normalized spacial score (nSPS) is 21.2. The van der Waals surface area contributed by atoms with E-state index >= 15 is 0 Å². The molecule has 6 nitrogen and oxygen atoms in total. The van der Waals surface area contributed by atoms with Gasteiger partial charge in [-0.05, 0) is 50.0 Å². The smallest absolute Gasteiger partial charge is 0.307 e. The van der Waals surface area contributed by atoms with Gasteiger partial charge in [0.1, 0.15) is 5.82 Å². The zero-order valence-electron chi connectivity index (χ0n) is 18.8. The maximum Gasteiger partial charge on any atom is 0.307 e. The highest BCUT2D eigenvalue weighted by molar-refractivity contribution is 7.81. The molecule has 0 radical (unpaired) electrons. The Hall–Kier alpha value is -2.45. The number of likely N-dealkylation sites (tertiary alicyclic amines) is 1. The molecule has 0 amide bonds. The topological polar surface area (TPSA) is 64.4 Å². The van der Waals surface area contributed by atoms with Crippen LogP contribution in [-0.4, -0.2) is 51.4 Å². The monoisotopic (exact) mass is 471 g/mol. The summed E-state index contributed by atoms with van der Waals surface area (Å²) in [6, 6.07) is 7.90. The van der Waals surface area contributed by atoms with E-state index in [9.17, 15) is 14.0 Å². The number of ketones is 1. The van der Waals surface area contributed by atoms with Crippen LogP contribution in [0, 0.1) is 11.7 Å². The minimum absolute atomic E-state index is 0.0332. The first kappa shape index (κ1) is 23.7. The van der Waals surface area contributed by atoms with Crippen LogP contribution in [0.5, 0.6) is 0 Å². The Morgan fingerprint density at radius 2 is 2.06 bits per heavy atom. The van der Waals surface area contributed by atoms with Crippen molar-refractivity contribution in [2.75, 3.05) is 19.7 Å². The Morgan fingerprint density at radius 3 is 2.79 bits per heavy atom. The van der Waals surface area contributed by atoms with Gasteiger partial charge in [0.15, 0.2) is 5.78 Å². The van der Waals surface area contributed by atoms with Gasteiger partial charge in [-0.25, -0.2) is 4.39 Å². The summed E-state index contributed by atoms with van der Waals surface area (Å²) < 4.78 is 21.4. The quantitative estimate of drug-likeness (QED) is 0.441. The number of Topliss-reactive ketones (excluding diaryl/α,β-unsaturated/α-hetero) is 1. The molecule has 33 heavy (non-hydrogen) atoms. The highest BCUT2D eigenvalue weighted by Crippen LogP contribution is 2.39. The summed E-state index contributed by atoms with van der Waals surface area (Å²) in [5.41, 5.74) is 2.27. The van der Waals surface area contributed by atoms with Gasteiger partial charge in [-0.15, -0.1) is 0 Å². The number of carbonyl (C=O) groups excluding carboxylic acids is 2. The van der Waals surface area contributed by atoms with Gasteiger partial charge in [0.25, 0.3) is 0 Å². The Bertz CT molecular complexity index is 1030. The molecule has 1 aromatic heterocycles. The van der Waals surface area contributed by atoms with Crippen molar-refractivity contribution in [1.29, 1.82) is 0 Å². The van der Waals surface area contributed by atoms with Gasteiger partial charge in [0, 0.05) is 36.0 Å². The highest BCUT2D eigenvalue weighted by Gasteiger charge is 2.40. The van der Waals surface area contributed by atoms with Crippen LogP contribution in [0.1, 0.15) is 49.9 Å². The van der Waals surface area contributed by atoms with Gasteiger partial charge in [0.2, 0.25) is 0 Å². The van der Waals surface area contributed by atoms with Crippen molar-refractivity contribution < 1.29 is 18.7 Å². The van der Waals surface area contributed by atoms with Crippen LogP contribution in [0.2, 0.25) is 0 Å². The van der Waals surface area contributed by atoms with E-state index in [1.807, 2.05) is 18.3 Å². The minimum Gasteiger partial charge on any atom is -0.466 e. The molecule has 1 aliphatic heterocycles. The minimum atomic E-state index is -0.579. The van der Waals surface area contributed by atoms with Gasteiger partial charge < -0.3 is 4.74 Å². The van der Waals surface area contributed by atoms with E-state index < -0.39 is 6.04 Å². The molecule has 8 heteroatoms. The van der Waals surface area contributed by atoms with Crippen molar-refractivity contribution in [3.05, 3.63) is 59.2 Å². The predicted molar refractivity (Wildman–Crippen MR) is 127 cm³/mol. The van der Waals surface area contributed by atoms with Gasteiger partial charge in [-0.1, -0.05) is 18.2 Å². The van der Waals surface area contributed by atoms with Crippen LogP contribution in [0.25, 0.3) is 6.08 Å². The van der Waals surface area contributed by atoms with Crippen LogP contribution in [0.3, 0.4) is 0 Å². The number of aryl methyl sites for hydroxylation is 1. The molecule has 0 spiro atoms. The third-order valence-corrected chi connectivity index (χ3v) is 6.75. The summed E-state index contributed by atoms with van der Waals surface area (Å²) in [6.07, 6.45) is 6.63. The molecule has 1 saturated heterocycles. The number of rotatable bonds is 9. The Morgan fingerprint density at radius 1 is 1.27 bits per heavy atom. The van der Waals surface area contributed by atoms with Crippen LogP contribution in [0.15, 0.2) is 42.1 Å². The van der Waals surface area contributed by atoms with Crippen molar-refractivity contribution in [3.63, 3.8) is 0 Å². The fraction of sp³-hybridized carbons (Fsp3) is 0.480. The highest BCUT2D eigenvalue weighted by atomic mass is 32.1. The molecule has 2 unspecified atom stereocenters. The Labute approximate surface area is 199 Å². The summed E-state index contributed by atoms with van der Waals surface area (Å²) >= 11 is 4.76. The van der Waals surface area contributed by atoms with Gasteiger partial charge in [0.05, 0.1) is 31.3 Å². The average Bonchev–Trinajstić information content (AvgIpc) is 3.56. The Balaban J connectivity index is 1.51. The van der Waals surface area contributed by atoms with E-state index in [4.69, 9.17) is 17.4 Å². The molecule has 4 rings (SSSR count). The number of nitrogens with zero attached hydrogens (tertiary/aromatic N) is 3. The number of ether oxygens (including phenoxy) is 1. The third-order valence-electron chi connectivity index (χ3n) is 6.16. The number of esters is 1. The van der Waals surface area contributed by atoms with Crippen molar-refractivity contribution >= 4 is 30.5 Å². The van der Waals surface area contributed by atoms with E-state index in [-0.39, 0.29) is 35.2 Å². The van der Waals surface area contributed by atoms with Crippen molar-refractivity contribution in [3.8, 4) is 0 Å². The van der Waals surface area contributed by atoms with E-state index in [0.717, 1.165) is 30.5 Å². The summed E-state index contributed by atoms with van der Waals surface area (Å²) in [5.74, 6) is -0.438. The number of piperidine rings is 1. The van der Waals surface area contributed by atoms with Crippen molar-refractivity contribution in [1.82, 2.24) is 14.7 Å². The number of carbonyl (C=O) groups is 2. The molecule has 176 valence electrons. The molecule has 0 N–H and O–H groups in total. The molecule has 2 aromatic rings. The lowest BCUT2D eigenvalue weighted by molar-refractivity contribution is -0.143. The maximum atomic E-state index is 14.7. The van der Waals surface area contributed by atoms with Crippen LogP contribution < -0.4 is 0 Å². The second kappa shape index (κ2) is 10.7. The molecule has 2 fully saturated rings. The summed E-state index contributed by atoms with van der Waals surface area (Å²) in [7, 11) is 0.